The van der Waals surface area contributed by atoms with Gasteiger partial charge in [-0.3, -0.25) is 9.69 Å². The summed E-state index contributed by atoms with van der Waals surface area (Å²) in [6, 6.07) is 12.8. The molecule has 116 valence electrons. The Kier molecular flexibility index (Phi) is 3.85. The van der Waals surface area contributed by atoms with Crippen molar-refractivity contribution >= 4 is 29.0 Å². The molecular weight excluding hydrogens is 292 g/mol. The van der Waals surface area contributed by atoms with E-state index in [0.29, 0.717) is 16.7 Å². The molecule has 1 heterocycles. The van der Waals surface area contributed by atoms with E-state index in [4.69, 9.17) is 4.74 Å². The van der Waals surface area contributed by atoms with E-state index < -0.39 is 6.09 Å². The molecule has 3 aromatic rings. The topological polar surface area (TPSA) is 62.4 Å². The van der Waals surface area contributed by atoms with Crippen molar-refractivity contribution in [3.63, 3.8) is 0 Å². The van der Waals surface area contributed by atoms with Crippen LogP contribution < -0.4 is 9.64 Å². The maximum Gasteiger partial charge on any atom is 0.419 e. The van der Waals surface area contributed by atoms with Crippen LogP contribution in [0.25, 0.3) is 10.9 Å². The fourth-order valence-electron chi connectivity index (χ4n) is 2.39. The Labute approximate surface area is 133 Å². The van der Waals surface area contributed by atoms with Crippen LogP contribution in [0.1, 0.15) is 15.9 Å². The highest BCUT2D eigenvalue weighted by molar-refractivity contribution is 6.02. The van der Waals surface area contributed by atoms with Crippen LogP contribution in [0.15, 0.2) is 48.7 Å². The average Bonchev–Trinajstić information content (AvgIpc) is 2.99. The highest BCUT2D eigenvalue weighted by Crippen LogP contribution is 2.28. The van der Waals surface area contributed by atoms with E-state index in [2.05, 4.69) is 4.98 Å². The van der Waals surface area contributed by atoms with E-state index in [-0.39, 0.29) is 0 Å². The molecule has 3 rings (SSSR count). The smallest absolute Gasteiger partial charge is 0.409 e. The van der Waals surface area contributed by atoms with Gasteiger partial charge in [0.2, 0.25) is 0 Å². The van der Waals surface area contributed by atoms with Gasteiger partial charge in [0.15, 0.2) is 6.29 Å². The summed E-state index contributed by atoms with van der Waals surface area (Å²) in [5.74, 6) is 0.356. The van der Waals surface area contributed by atoms with E-state index >= 15 is 0 Å². The summed E-state index contributed by atoms with van der Waals surface area (Å²) in [5.41, 5.74) is 3.05. The first-order chi connectivity index (χ1) is 11.1. The van der Waals surface area contributed by atoms with Gasteiger partial charge in [-0.25, -0.2) is 4.79 Å². The van der Waals surface area contributed by atoms with Gasteiger partial charge in [-0.05, 0) is 31.2 Å². The molecule has 23 heavy (non-hydrogen) atoms. The summed E-state index contributed by atoms with van der Waals surface area (Å²) in [6.45, 7) is 1.98. The first-order valence-corrected chi connectivity index (χ1v) is 7.17. The Morgan fingerprint density at radius 1 is 1.17 bits per heavy atom. The van der Waals surface area contributed by atoms with E-state index in [1.54, 1.807) is 25.4 Å². The first-order valence-electron chi connectivity index (χ1n) is 7.17. The van der Waals surface area contributed by atoms with Crippen LogP contribution in [0.4, 0.5) is 10.5 Å². The molecule has 0 spiro atoms. The maximum atomic E-state index is 12.4. The molecule has 0 aliphatic carbocycles. The van der Waals surface area contributed by atoms with Crippen molar-refractivity contribution < 1.29 is 14.3 Å². The lowest BCUT2D eigenvalue weighted by molar-refractivity contribution is 0.112. The predicted octanol–water partition coefficient (Wildman–Crippen LogP) is 3.92. The number of ether oxygens (including phenoxy) is 1. The molecule has 0 saturated carbocycles. The Hall–Kier alpha value is -3.08. The van der Waals surface area contributed by atoms with Gasteiger partial charge in [0.05, 0.1) is 5.39 Å². The van der Waals surface area contributed by atoms with Gasteiger partial charge in [0, 0.05) is 30.0 Å². The number of benzene rings is 2. The van der Waals surface area contributed by atoms with Crippen LogP contribution in [0.5, 0.6) is 5.75 Å². The lowest BCUT2D eigenvalue weighted by atomic mass is 10.2. The Morgan fingerprint density at radius 3 is 2.61 bits per heavy atom. The molecule has 0 unspecified atom stereocenters. The van der Waals surface area contributed by atoms with Gasteiger partial charge in [0.25, 0.3) is 0 Å². The molecule has 2 aromatic carbocycles. The van der Waals surface area contributed by atoms with Gasteiger partial charge in [-0.2, -0.15) is 0 Å². The van der Waals surface area contributed by atoms with Crippen molar-refractivity contribution in [2.24, 2.45) is 0 Å². The van der Waals surface area contributed by atoms with Gasteiger partial charge in [-0.15, -0.1) is 0 Å². The molecule has 1 N–H and O–H groups in total. The van der Waals surface area contributed by atoms with Gasteiger partial charge in [-0.1, -0.05) is 23.8 Å². The fraction of sp³-hybridized carbons (Fsp3) is 0.111. The summed E-state index contributed by atoms with van der Waals surface area (Å²) in [6.07, 6.45) is 1.82. The molecule has 0 fully saturated rings. The minimum atomic E-state index is -0.514. The monoisotopic (exact) mass is 308 g/mol. The summed E-state index contributed by atoms with van der Waals surface area (Å²) < 4.78 is 5.48. The molecule has 0 aliphatic rings. The van der Waals surface area contributed by atoms with Gasteiger partial charge in [0.1, 0.15) is 5.75 Å². The highest BCUT2D eigenvalue weighted by atomic mass is 16.6. The van der Waals surface area contributed by atoms with Crippen molar-refractivity contribution in [3.05, 3.63) is 59.8 Å². The quantitative estimate of drug-likeness (QED) is 0.746. The molecule has 0 aliphatic heterocycles. The fourth-order valence-corrected chi connectivity index (χ4v) is 2.39. The lowest BCUT2D eigenvalue weighted by Crippen LogP contribution is -2.29. The number of aldehydes is 1. The molecule has 5 heteroatoms. The van der Waals surface area contributed by atoms with Crippen molar-refractivity contribution in [2.45, 2.75) is 6.92 Å². The maximum absolute atomic E-state index is 12.4. The minimum Gasteiger partial charge on any atom is -0.409 e. The normalized spacial score (nSPS) is 10.5. The number of fused-ring (bicyclic) bond motifs is 1. The summed E-state index contributed by atoms with van der Waals surface area (Å²) >= 11 is 0. The van der Waals surface area contributed by atoms with E-state index in [1.807, 2.05) is 37.3 Å². The highest BCUT2D eigenvalue weighted by Gasteiger charge is 2.16. The third-order valence-corrected chi connectivity index (χ3v) is 3.72. The minimum absolute atomic E-state index is 0.356. The van der Waals surface area contributed by atoms with Crippen LogP contribution in [0.2, 0.25) is 0 Å². The van der Waals surface area contributed by atoms with E-state index in [9.17, 15) is 9.59 Å². The first kappa shape index (κ1) is 14.8. The summed E-state index contributed by atoms with van der Waals surface area (Å²) in [4.78, 5) is 27.9. The number of amides is 1. The Morgan fingerprint density at radius 2 is 1.91 bits per heavy atom. The number of rotatable bonds is 3. The number of aromatic amines is 1. The van der Waals surface area contributed by atoms with Crippen LogP contribution in [-0.4, -0.2) is 24.4 Å². The summed E-state index contributed by atoms with van der Waals surface area (Å²) in [5, 5.41) is 0.605. The lowest BCUT2D eigenvalue weighted by Gasteiger charge is -2.17. The van der Waals surface area contributed by atoms with Crippen molar-refractivity contribution in [2.75, 3.05) is 11.9 Å². The number of nitrogens with zero attached hydrogens (tertiary/aromatic N) is 1. The molecular formula is C18H16N2O3. The van der Waals surface area contributed by atoms with E-state index in [1.165, 1.54) is 4.90 Å². The number of hydrogen-bond donors (Lipinski definition) is 1. The van der Waals surface area contributed by atoms with Crippen LogP contribution in [0.3, 0.4) is 0 Å². The largest absolute Gasteiger partial charge is 0.419 e. The third kappa shape index (κ3) is 2.81. The molecule has 1 aromatic heterocycles. The van der Waals surface area contributed by atoms with Crippen LogP contribution in [-0.2, 0) is 0 Å². The Balaban J connectivity index is 1.89. The number of carbonyl (C=O) groups excluding carboxylic acids is 2. The molecule has 0 radical (unpaired) electrons. The van der Waals surface area contributed by atoms with Gasteiger partial charge >= 0.3 is 6.09 Å². The molecule has 0 bridgehead atoms. The van der Waals surface area contributed by atoms with Crippen LogP contribution in [0, 0.1) is 6.92 Å². The number of hydrogen-bond acceptors (Lipinski definition) is 3. The Bertz CT molecular complexity index is 866. The number of H-pyrrole nitrogens is 1. The zero-order valence-electron chi connectivity index (χ0n) is 12.9. The van der Waals surface area contributed by atoms with Crippen molar-refractivity contribution in [1.82, 2.24) is 4.98 Å². The standard InChI is InChI=1S/C18H16N2O3/c1-12-6-8-14(9-7-12)20(2)18(22)23-16-5-3-4-15-17(16)13(11-21)10-19-15/h3-11,19H,1-2H3. The van der Waals surface area contributed by atoms with Crippen LogP contribution >= 0.6 is 0 Å². The van der Waals surface area contributed by atoms with Crippen molar-refractivity contribution in [1.29, 1.82) is 0 Å². The second kappa shape index (κ2) is 5.96. The number of aromatic nitrogens is 1. The zero-order valence-corrected chi connectivity index (χ0v) is 12.9. The average molecular weight is 308 g/mol. The number of anilines is 1. The molecule has 0 atom stereocenters. The summed E-state index contributed by atoms with van der Waals surface area (Å²) in [7, 11) is 1.64. The molecule has 0 saturated heterocycles. The molecule has 1 amide bonds. The number of aryl methyl sites for hydroxylation is 1. The molecule has 5 nitrogen and oxygen atoms in total. The number of nitrogens with one attached hydrogen (secondary N) is 1. The SMILES string of the molecule is Cc1ccc(N(C)C(=O)Oc2cccc3[nH]cc(C=O)c23)cc1. The second-order valence-electron chi connectivity index (χ2n) is 5.30. The van der Waals surface area contributed by atoms with Gasteiger partial charge < -0.3 is 9.72 Å². The zero-order chi connectivity index (χ0) is 16.4. The second-order valence-corrected chi connectivity index (χ2v) is 5.30. The predicted molar refractivity (Wildman–Crippen MR) is 89.3 cm³/mol. The van der Waals surface area contributed by atoms with E-state index in [0.717, 1.165) is 23.1 Å². The third-order valence-electron chi connectivity index (χ3n) is 3.72. The number of carbonyl (C=O) groups is 2. The van der Waals surface area contributed by atoms with Crippen molar-refractivity contribution in [3.8, 4) is 5.75 Å².